The van der Waals surface area contributed by atoms with Gasteiger partial charge in [0.05, 0.1) is 7.11 Å². The van der Waals surface area contributed by atoms with E-state index in [-0.39, 0.29) is 5.84 Å². The summed E-state index contributed by atoms with van der Waals surface area (Å²) in [7, 11) is 5.80. The Kier molecular flexibility index (Phi) is 7.56. The predicted octanol–water partition coefficient (Wildman–Crippen LogP) is 1.22. The molecule has 0 amide bonds. The fourth-order valence-corrected chi connectivity index (χ4v) is 2.03. The maximum Gasteiger partial charge on any atom is 0.170 e. The van der Waals surface area contributed by atoms with Crippen LogP contribution < -0.4 is 15.8 Å². The van der Waals surface area contributed by atoms with Crippen LogP contribution in [0, 0.1) is 0 Å². The molecule has 6 nitrogen and oxygen atoms in total. The fourth-order valence-electron chi connectivity index (χ4n) is 2.03. The summed E-state index contributed by atoms with van der Waals surface area (Å²) < 4.78 is 5.33. The van der Waals surface area contributed by atoms with Crippen molar-refractivity contribution in [3.63, 3.8) is 0 Å². The molecular weight excluding hydrogens is 268 g/mol. The quantitative estimate of drug-likeness (QED) is 0.210. The summed E-state index contributed by atoms with van der Waals surface area (Å²) in [6.45, 7) is 2.74. The van der Waals surface area contributed by atoms with E-state index in [0.29, 0.717) is 12.1 Å². The van der Waals surface area contributed by atoms with E-state index < -0.39 is 0 Å². The smallest absolute Gasteiger partial charge is 0.170 e. The molecule has 0 aliphatic rings. The Morgan fingerprint density at radius 1 is 1.38 bits per heavy atom. The summed E-state index contributed by atoms with van der Waals surface area (Å²) in [5.41, 5.74) is 7.29. The molecule has 0 unspecified atom stereocenters. The normalized spacial score (nSPS) is 11.9. The highest BCUT2D eigenvalue weighted by Crippen LogP contribution is 2.19. The van der Waals surface area contributed by atoms with Gasteiger partial charge in [-0.1, -0.05) is 5.16 Å². The van der Waals surface area contributed by atoms with E-state index in [2.05, 4.69) is 29.5 Å². The Hall–Kier alpha value is -1.79. The number of rotatable bonds is 9. The minimum absolute atomic E-state index is 0.102. The Balaban J connectivity index is 2.52. The van der Waals surface area contributed by atoms with Gasteiger partial charge in [0.2, 0.25) is 0 Å². The van der Waals surface area contributed by atoms with E-state index in [4.69, 9.17) is 15.7 Å². The van der Waals surface area contributed by atoms with Gasteiger partial charge in [-0.25, -0.2) is 0 Å². The number of nitrogens with zero attached hydrogens (tertiary/aromatic N) is 2. The Morgan fingerprint density at radius 2 is 2.14 bits per heavy atom. The molecule has 0 bridgehead atoms. The van der Waals surface area contributed by atoms with Gasteiger partial charge in [0.1, 0.15) is 5.75 Å². The fraction of sp³-hybridized carbons (Fsp3) is 0.533. The van der Waals surface area contributed by atoms with E-state index in [1.54, 1.807) is 13.2 Å². The van der Waals surface area contributed by atoms with Gasteiger partial charge in [0.15, 0.2) is 5.84 Å². The molecule has 1 aromatic carbocycles. The molecule has 0 saturated heterocycles. The third kappa shape index (κ3) is 6.01. The lowest BCUT2D eigenvalue weighted by molar-refractivity contribution is 0.318. The molecule has 1 aromatic rings. The largest absolute Gasteiger partial charge is 0.496 e. The Morgan fingerprint density at radius 3 is 2.76 bits per heavy atom. The van der Waals surface area contributed by atoms with Gasteiger partial charge in [-0.2, -0.15) is 0 Å². The van der Waals surface area contributed by atoms with Crippen LogP contribution in [0.3, 0.4) is 0 Å². The summed E-state index contributed by atoms with van der Waals surface area (Å²) in [6.07, 6.45) is 2.29. The molecule has 4 N–H and O–H groups in total. The molecular formula is C15H26N4O2. The van der Waals surface area contributed by atoms with E-state index in [1.807, 2.05) is 12.1 Å². The molecule has 0 aromatic heterocycles. The SMILES string of the molecule is COc1ccc(/C(N)=N/O)cc1CNCCCCN(C)C. The first-order valence-corrected chi connectivity index (χ1v) is 7.08. The van der Waals surface area contributed by atoms with Gasteiger partial charge in [-0.05, 0) is 58.2 Å². The third-order valence-electron chi connectivity index (χ3n) is 3.21. The molecule has 0 radical (unpaired) electrons. The summed E-state index contributed by atoms with van der Waals surface area (Å²) in [5, 5.41) is 15.1. The minimum atomic E-state index is 0.102. The first-order valence-electron chi connectivity index (χ1n) is 7.08. The number of amidine groups is 1. The molecule has 0 spiro atoms. The van der Waals surface area contributed by atoms with Crippen molar-refractivity contribution in [2.75, 3.05) is 34.3 Å². The maximum absolute atomic E-state index is 8.74. The number of nitrogens with one attached hydrogen (secondary N) is 1. The summed E-state index contributed by atoms with van der Waals surface area (Å²) >= 11 is 0. The molecule has 118 valence electrons. The van der Waals surface area contributed by atoms with Gasteiger partial charge in [0.25, 0.3) is 0 Å². The van der Waals surface area contributed by atoms with Crippen molar-refractivity contribution in [1.29, 1.82) is 0 Å². The lowest BCUT2D eigenvalue weighted by atomic mass is 10.1. The van der Waals surface area contributed by atoms with Gasteiger partial charge in [-0.3, -0.25) is 0 Å². The number of ether oxygens (including phenoxy) is 1. The van der Waals surface area contributed by atoms with Gasteiger partial charge < -0.3 is 25.9 Å². The van der Waals surface area contributed by atoms with Crippen LogP contribution in [0.4, 0.5) is 0 Å². The van der Waals surface area contributed by atoms with E-state index >= 15 is 0 Å². The van der Waals surface area contributed by atoms with E-state index in [0.717, 1.165) is 30.8 Å². The molecule has 1 rings (SSSR count). The third-order valence-corrected chi connectivity index (χ3v) is 3.21. The zero-order valence-electron chi connectivity index (χ0n) is 13.1. The second-order valence-electron chi connectivity index (χ2n) is 5.20. The second-order valence-corrected chi connectivity index (χ2v) is 5.20. The number of unbranched alkanes of at least 4 members (excludes halogenated alkanes) is 1. The molecule has 0 fully saturated rings. The van der Waals surface area contributed by atoms with Gasteiger partial charge >= 0.3 is 0 Å². The van der Waals surface area contributed by atoms with Crippen LogP contribution in [0.25, 0.3) is 0 Å². The zero-order chi connectivity index (χ0) is 15.7. The average Bonchev–Trinajstić information content (AvgIpc) is 2.49. The Bertz CT molecular complexity index is 461. The average molecular weight is 294 g/mol. The predicted molar refractivity (Wildman–Crippen MR) is 85.0 cm³/mol. The van der Waals surface area contributed by atoms with E-state index in [9.17, 15) is 0 Å². The highest BCUT2D eigenvalue weighted by Gasteiger charge is 2.07. The van der Waals surface area contributed by atoms with Crippen molar-refractivity contribution in [3.05, 3.63) is 29.3 Å². The number of hydrogen-bond donors (Lipinski definition) is 3. The van der Waals surface area contributed by atoms with Crippen LogP contribution in [0.2, 0.25) is 0 Å². The maximum atomic E-state index is 8.74. The topological polar surface area (TPSA) is 83.1 Å². The zero-order valence-corrected chi connectivity index (χ0v) is 13.1. The van der Waals surface area contributed by atoms with Crippen molar-refractivity contribution >= 4 is 5.84 Å². The second kappa shape index (κ2) is 9.20. The number of hydrogen-bond acceptors (Lipinski definition) is 5. The highest BCUT2D eigenvalue weighted by molar-refractivity contribution is 5.97. The lowest BCUT2D eigenvalue weighted by Crippen LogP contribution is -2.19. The molecule has 0 atom stereocenters. The van der Waals surface area contributed by atoms with Crippen LogP contribution in [-0.2, 0) is 6.54 Å². The summed E-state index contributed by atoms with van der Waals surface area (Å²) in [4.78, 5) is 2.18. The number of benzene rings is 1. The van der Waals surface area contributed by atoms with Crippen molar-refractivity contribution in [3.8, 4) is 5.75 Å². The minimum Gasteiger partial charge on any atom is -0.496 e. The summed E-state index contributed by atoms with van der Waals surface area (Å²) in [5.74, 6) is 0.898. The molecule has 0 saturated carbocycles. The number of oxime groups is 1. The van der Waals surface area contributed by atoms with Crippen LogP contribution in [-0.4, -0.2) is 50.2 Å². The number of nitrogens with two attached hydrogens (primary N) is 1. The Labute approximate surface area is 126 Å². The van der Waals surface area contributed by atoms with Crippen LogP contribution in [0.15, 0.2) is 23.4 Å². The standard InChI is InChI=1S/C15H26N4O2/c1-19(2)9-5-4-8-17-11-13-10-12(15(16)18-20)6-7-14(13)21-3/h6-7,10,17,20H,4-5,8-9,11H2,1-3H3,(H2,16,18). The lowest BCUT2D eigenvalue weighted by Gasteiger charge is -2.12. The monoisotopic (exact) mass is 294 g/mol. The first kappa shape index (κ1) is 17.3. The summed E-state index contributed by atoms with van der Waals surface area (Å²) in [6, 6.07) is 5.48. The molecule has 0 aliphatic heterocycles. The molecule has 0 aliphatic carbocycles. The van der Waals surface area contributed by atoms with Crippen LogP contribution in [0.5, 0.6) is 5.75 Å². The van der Waals surface area contributed by atoms with E-state index in [1.165, 1.54) is 6.42 Å². The first-order chi connectivity index (χ1) is 10.1. The highest BCUT2D eigenvalue weighted by atomic mass is 16.5. The van der Waals surface area contributed by atoms with Gasteiger partial charge in [-0.15, -0.1) is 0 Å². The van der Waals surface area contributed by atoms with Crippen LogP contribution >= 0.6 is 0 Å². The van der Waals surface area contributed by atoms with Crippen molar-refractivity contribution in [2.24, 2.45) is 10.9 Å². The van der Waals surface area contributed by atoms with Crippen molar-refractivity contribution in [1.82, 2.24) is 10.2 Å². The van der Waals surface area contributed by atoms with Gasteiger partial charge in [0, 0.05) is 17.7 Å². The number of methoxy groups -OCH3 is 1. The van der Waals surface area contributed by atoms with Crippen molar-refractivity contribution in [2.45, 2.75) is 19.4 Å². The van der Waals surface area contributed by atoms with Crippen LogP contribution in [0.1, 0.15) is 24.0 Å². The molecule has 6 heteroatoms. The van der Waals surface area contributed by atoms with Crippen molar-refractivity contribution < 1.29 is 9.94 Å². The molecule has 0 heterocycles. The molecule has 21 heavy (non-hydrogen) atoms.